The topological polar surface area (TPSA) is 45.5 Å². The van der Waals surface area contributed by atoms with E-state index < -0.39 is 0 Å². The zero-order valence-electron chi connectivity index (χ0n) is 16.3. The second-order valence-corrected chi connectivity index (χ2v) is 5.67. The average molecular weight is 347 g/mol. The van der Waals surface area contributed by atoms with E-state index in [9.17, 15) is 0 Å². The van der Waals surface area contributed by atoms with Gasteiger partial charge in [-0.25, -0.2) is 0 Å². The molecule has 0 unspecified atom stereocenters. The predicted octanol–water partition coefficient (Wildman–Crippen LogP) is 4.77. The molecule has 1 aliphatic heterocycles. The number of piperidine rings is 1. The minimum Gasteiger partial charge on any atom is -0.350 e. The van der Waals surface area contributed by atoms with Gasteiger partial charge in [-0.05, 0) is 26.3 Å². The Labute approximate surface area is 154 Å². The van der Waals surface area contributed by atoms with Gasteiger partial charge >= 0.3 is 0 Å². The number of ether oxygens (including phenoxy) is 2. The van der Waals surface area contributed by atoms with E-state index in [-0.39, 0.29) is 5.79 Å². The summed E-state index contributed by atoms with van der Waals surface area (Å²) in [5.74, 6) is -0.337. The molecule has 25 heavy (non-hydrogen) atoms. The second-order valence-electron chi connectivity index (χ2n) is 5.67. The molecule has 1 aromatic rings. The Balaban J connectivity index is 0.000000844. The van der Waals surface area contributed by atoms with Crippen molar-refractivity contribution in [1.29, 1.82) is 5.26 Å². The van der Waals surface area contributed by atoms with Crippen molar-refractivity contribution >= 4 is 0 Å². The molecule has 1 aliphatic rings. The third kappa shape index (κ3) is 10.0. The van der Waals surface area contributed by atoms with Gasteiger partial charge in [-0.1, -0.05) is 36.4 Å². The number of allylic oxidation sites excluding steroid dienone is 1. The third-order valence-corrected chi connectivity index (χ3v) is 3.68. The van der Waals surface area contributed by atoms with Crippen LogP contribution in [-0.2, 0) is 16.0 Å². The standard InChI is InChI=1S/C16H25NO2.C3H6.C2H3N/c1-3-18-16(19-4-2)10-12-17(13-11-16)14-15-8-6-5-7-9-15;1-3-2;1-2-3/h5-9H,3-4,10-14H2,1-2H3;3H,1H2,2H3;1H3. The number of hydrogen-bond acceptors (Lipinski definition) is 4. The SMILES string of the molecule is C=CC.CC#N.CCOC1(OCC)CCN(Cc2ccccc2)CC1. The van der Waals surface area contributed by atoms with Crippen molar-refractivity contribution in [1.82, 2.24) is 4.90 Å². The largest absolute Gasteiger partial charge is 0.350 e. The molecular formula is C21H34N2O2. The average Bonchev–Trinajstić information content (AvgIpc) is 2.60. The van der Waals surface area contributed by atoms with Gasteiger partial charge in [-0.2, -0.15) is 5.26 Å². The zero-order valence-corrected chi connectivity index (χ0v) is 16.3. The van der Waals surface area contributed by atoms with Gasteiger partial charge in [0.1, 0.15) is 0 Å². The Morgan fingerprint density at radius 3 is 2.00 bits per heavy atom. The smallest absolute Gasteiger partial charge is 0.170 e. The number of benzene rings is 1. The van der Waals surface area contributed by atoms with Crippen molar-refractivity contribution < 1.29 is 9.47 Å². The summed E-state index contributed by atoms with van der Waals surface area (Å²) in [6.07, 6.45) is 3.67. The van der Waals surface area contributed by atoms with Crippen LogP contribution in [0.5, 0.6) is 0 Å². The lowest BCUT2D eigenvalue weighted by atomic mass is 10.0. The summed E-state index contributed by atoms with van der Waals surface area (Å²) in [7, 11) is 0. The predicted molar refractivity (Wildman–Crippen MR) is 104 cm³/mol. The highest BCUT2D eigenvalue weighted by Gasteiger charge is 2.35. The van der Waals surface area contributed by atoms with Crippen molar-refractivity contribution in [3.05, 3.63) is 48.6 Å². The second kappa shape index (κ2) is 14.7. The van der Waals surface area contributed by atoms with Crippen molar-refractivity contribution in [2.45, 2.75) is 52.9 Å². The fourth-order valence-electron chi connectivity index (χ4n) is 2.75. The molecule has 2 rings (SSSR count). The maximum absolute atomic E-state index is 7.32. The first kappa shape index (κ1) is 23.3. The molecule has 1 fully saturated rings. The lowest BCUT2D eigenvalue weighted by Gasteiger charge is -2.41. The molecule has 4 heteroatoms. The van der Waals surface area contributed by atoms with E-state index in [4.69, 9.17) is 14.7 Å². The van der Waals surface area contributed by atoms with E-state index in [1.807, 2.05) is 20.8 Å². The molecule has 1 heterocycles. The summed E-state index contributed by atoms with van der Waals surface area (Å²) in [5.41, 5.74) is 1.38. The summed E-state index contributed by atoms with van der Waals surface area (Å²) in [4.78, 5) is 2.48. The molecule has 0 spiro atoms. The van der Waals surface area contributed by atoms with Crippen LogP contribution in [0, 0.1) is 11.3 Å². The molecule has 0 aliphatic carbocycles. The molecule has 0 bridgehead atoms. The molecule has 4 nitrogen and oxygen atoms in total. The van der Waals surface area contributed by atoms with Crippen LogP contribution in [0.2, 0.25) is 0 Å². The van der Waals surface area contributed by atoms with E-state index in [0.29, 0.717) is 0 Å². The van der Waals surface area contributed by atoms with Crippen LogP contribution in [0.1, 0.15) is 46.1 Å². The van der Waals surface area contributed by atoms with Crippen LogP contribution >= 0.6 is 0 Å². The Hall–Kier alpha value is -1.67. The molecular weight excluding hydrogens is 312 g/mol. The van der Waals surface area contributed by atoms with Crippen molar-refractivity contribution in [3.8, 4) is 6.07 Å². The minimum atomic E-state index is -0.337. The molecule has 0 saturated carbocycles. The molecule has 0 aromatic heterocycles. The molecule has 0 amide bonds. The first-order chi connectivity index (χ1) is 12.1. The quantitative estimate of drug-likeness (QED) is 0.549. The lowest BCUT2D eigenvalue weighted by molar-refractivity contribution is -0.253. The van der Waals surface area contributed by atoms with Crippen LogP contribution < -0.4 is 0 Å². The first-order valence-corrected chi connectivity index (χ1v) is 9.03. The Kier molecular flexibility index (Phi) is 13.7. The van der Waals surface area contributed by atoms with E-state index in [1.54, 1.807) is 12.1 Å². The van der Waals surface area contributed by atoms with E-state index in [0.717, 1.165) is 45.7 Å². The zero-order chi connectivity index (χ0) is 19.0. The molecule has 0 N–H and O–H groups in total. The number of nitriles is 1. The summed E-state index contributed by atoms with van der Waals surface area (Å²) in [6.45, 7) is 15.3. The molecule has 140 valence electrons. The van der Waals surface area contributed by atoms with Gasteiger partial charge in [0.2, 0.25) is 0 Å². The van der Waals surface area contributed by atoms with Gasteiger partial charge in [0, 0.05) is 52.6 Å². The normalized spacial score (nSPS) is 15.6. The molecule has 1 saturated heterocycles. The van der Waals surface area contributed by atoms with Crippen molar-refractivity contribution in [2.24, 2.45) is 0 Å². The highest BCUT2D eigenvalue weighted by molar-refractivity contribution is 5.14. The molecule has 0 radical (unpaired) electrons. The Bertz CT molecular complexity index is 466. The number of hydrogen-bond donors (Lipinski definition) is 0. The summed E-state index contributed by atoms with van der Waals surface area (Å²) in [6, 6.07) is 12.4. The fourth-order valence-corrected chi connectivity index (χ4v) is 2.75. The number of rotatable bonds is 6. The van der Waals surface area contributed by atoms with Gasteiger partial charge in [-0.15, -0.1) is 6.58 Å². The highest BCUT2D eigenvalue weighted by atomic mass is 16.7. The summed E-state index contributed by atoms with van der Waals surface area (Å²) < 4.78 is 11.7. The fraction of sp³-hybridized carbons (Fsp3) is 0.571. The maximum Gasteiger partial charge on any atom is 0.170 e. The third-order valence-electron chi connectivity index (χ3n) is 3.68. The van der Waals surface area contributed by atoms with Gasteiger partial charge in [0.25, 0.3) is 0 Å². The maximum atomic E-state index is 7.32. The summed E-state index contributed by atoms with van der Waals surface area (Å²) in [5, 5.41) is 7.32. The monoisotopic (exact) mass is 346 g/mol. The Morgan fingerprint density at radius 2 is 1.60 bits per heavy atom. The van der Waals surface area contributed by atoms with E-state index in [1.165, 1.54) is 12.5 Å². The van der Waals surface area contributed by atoms with Crippen LogP contribution in [0.4, 0.5) is 0 Å². The lowest BCUT2D eigenvalue weighted by Crippen LogP contribution is -2.47. The van der Waals surface area contributed by atoms with E-state index in [2.05, 4.69) is 41.8 Å². The summed E-state index contributed by atoms with van der Waals surface area (Å²) >= 11 is 0. The van der Waals surface area contributed by atoms with Gasteiger partial charge in [0.05, 0.1) is 6.07 Å². The van der Waals surface area contributed by atoms with Crippen molar-refractivity contribution in [3.63, 3.8) is 0 Å². The van der Waals surface area contributed by atoms with Crippen LogP contribution in [-0.4, -0.2) is 37.0 Å². The van der Waals surface area contributed by atoms with Crippen molar-refractivity contribution in [2.75, 3.05) is 26.3 Å². The molecule has 1 aromatic carbocycles. The van der Waals surface area contributed by atoms with Gasteiger partial charge in [-0.3, -0.25) is 4.90 Å². The van der Waals surface area contributed by atoms with Crippen LogP contribution in [0.25, 0.3) is 0 Å². The minimum absolute atomic E-state index is 0.337. The van der Waals surface area contributed by atoms with Crippen LogP contribution in [0.15, 0.2) is 43.0 Å². The Morgan fingerprint density at radius 1 is 1.16 bits per heavy atom. The van der Waals surface area contributed by atoms with Gasteiger partial charge < -0.3 is 9.47 Å². The van der Waals surface area contributed by atoms with Crippen LogP contribution in [0.3, 0.4) is 0 Å². The van der Waals surface area contributed by atoms with Gasteiger partial charge in [0.15, 0.2) is 5.79 Å². The van der Waals surface area contributed by atoms with E-state index >= 15 is 0 Å². The number of nitrogens with zero attached hydrogens (tertiary/aromatic N) is 2. The number of likely N-dealkylation sites (tertiary alicyclic amines) is 1. The highest BCUT2D eigenvalue weighted by Crippen LogP contribution is 2.28. The molecule has 0 atom stereocenters. The first-order valence-electron chi connectivity index (χ1n) is 9.03.